The summed E-state index contributed by atoms with van der Waals surface area (Å²) in [5.74, 6) is -4.93. The van der Waals surface area contributed by atoms with Crippen LogP contribution in [-0.4, -0.2) is 67.5 Å². The summed E-state index contributed by atoms with van der Waals surface area (Å²) in [7, 11) is 1.33. The van der Waals surface area contributed by atoms with Crippen LogP contribution in [0.4, 0.5) is 0 Å². The number of alkyl halides is 2. The number of benzene rings is 1. The van der Waals surface area contributed by atoms with Gasteiger partial charge in [0.1, 0.15) is 0 Å². The zero-order valence-electron chi connectivity index (χ0n) is 21.4. The average Bonchev–Trinajstić information content (AvgIpc) is 3.16. The predicted molar refractivity (Wildman–Crippen MR) is 136 cm³/mol. The van der Waals surface area contributed by atoms with Crippen LogP contribution in [0.1, 0.15) is 52.0 Å². The number of phenols is 1. The molecule has 0 bridgehead atoms. The number of rotatable bonds is 3. The van der Waals surface area contributed by atoms with Gasteiger partial charge in [-0.2, -0.15) is 0 Å². The second kappa shape index (κ2) is 8.21. The quantitative estimate of drug-likeness (QED) is 0.351. The maximum absolute atomic E-state index is 13.8. The van der Waals surface area contributed by atoms with E-state index in [2.05, 4.69) is 0 Å². The van der Waals surface area contributed by atoms with E-state index in [0.717, 1.165) is 4.90 Å². The molecule has 1 aromatic rings. The summed E-state index contributed by atoms with van der Waals surface area (Å²) in [5, 5.41) is 11.2. The van der Waals surface area contributed by atoms with E-state index in [9.17, 15) is 24.3 Å². The van der Waals surface area contributed by atoms with Crippen molar-refractivity contribution in [2.75, 3.05) is 13.7 Å². The molecule has 2 aliphatic heterocycles. The Morgan fingerprint density at radius 2 is 1.76 bits per heavy atom. The minimum atomic E-state index is -1.95. The SMILES string of the molecule is CCOc1cccc([C@H]2C3=CC[C@@H]4C(=O)N(C(C)(C)C)C(=O)[C@@H]4[C@@H]3C[C@@]3(Cl)C(=O)N(C)C(=O)[C@@]23Cl)c1O. The number of ether oxygens (including phenoxy) is 1. The summed E-state index contributed by atoms with van der Waals surface area (Å²) < 4.78 is 5.58. The first-order valence-electron chi connectivity index (χ1n) is 12.4. The normalized spacial score (nSPS) is 35.4. The van der Waals surface area contributed by atoms with E-state index in [1.807, 2.05) is 6.08 Å². The molecular formula is C27H30Cl2N2O6. The van der Waals surface area contributed by atoms with Gasteiger partial charge in [-0.3, -0.25) is 29.0 Å². The molecule has 3 fully saturated rings. The molecule has 4 amide bonds. The van der Waals surface area contributed by atoms with Gasteiger partial charge in [0.05, 0.1) is 18.4 Å². The van der Waals surface area contributed by atoms with Crippen molar-refractivity contribution < 1.29 is 29.0 Å². The van der Waals surface area contributed by atoms with Crippen LogP contribution in [0, 0.1) is 17.8 Å². The number of nitrogens with zero attached hydrogens (tertiary/aromatic N) is 2. The maximum atomic E-state index is 13.8. The van der Waals surface area contributed by atoms with Crippen LogP contribution in [0.3, 0.4) is 0 Å². The highest BCUT2D eigenvalue weighted by Crippen LogP contribution is 2.66. The number of hydrogen-bond acceptors (Lipinski definition) is 6. The number of halogens is 2. The number of carbonyl (C=O) groups excluding carboxylic acids is 4. The van der Waals surface area contributed by atoms with E-state index in [4.69, 9.17) is 27.9 Å². The second-order valence-corrected chi connectivity index (χ2v) is 12.5. The number of hydrogen-bond donors (Lipinski definition) is 1. The van der Waals surface area contributed by atoms with E-state index in [1.54, 1.807) is 45.9 Å². The molecule has 6 atom stereocenters. The number of allylic oxidation sites excluding steroid dienone is 2. The van der Waals surface area contributed by atoms with Crippen molar-refractivity contribution in [3.8, 4) is 11.5 Å². The molecule has 0 unspecified atom stereocenters. The molecule has 0 spiro atoms. The van der Waals surface area contributed by atoms with Crippen molar-refractivity contribution in [3.05, 3.63) is 35.4 Å². The lowest BCUT2D eigenvalue weighted by Gasteiger charge is -2.50. The molecule has 1 aromatic carbocycles. The van der Waals surface area contributed by atoms with Gasteiger partial charge in [0, 0.05) is 24.1 Å². The van der Waals surface area contributed by atoms with Crippen molar-refractivity contribution >= 4 is 46.8 Å². The van der Waals surface area contributed by atoms with Crippen molar-refractivity contribution in [1.29, 1.82) is 0 Å². The number of aromatic hydroxyl groups is 1. The highest BCUT2D eigenvalue weighted by molar-refractivity contribution is 6.53. The Hall–Kier alpha value is -2.58. The molecule has 37 heavy (non-hydrogen) atoms. The first-order valence-corrected chi connectivity index (χ1v) is 13.2. The highest BCUT2D eigenvalue weighted by Gasteiger charge is 2.76. The topological polar surface area (TPSA) is 104 Å². The lowest BCUT2D eigenvalue weighted by molar-refractivity contribution is -0.146. The number of imide groups is 2. The molecule has 1 N–H and O–H groups in total. The van der Waals surface area contributed by atoms with E-state index in [-0.39, 0.29) is 41.7 Å². The van der Waals surface area contributed by atoms with E-state index in [0.29, 0.717) is 12.2 Å². The van der Waals surface area contributed by atoms with Gasteiger partial charge in [0.15, 0.2) is 21.2 Å². The van der Waals surface area contributed by atoms with Crippen LogP contribution >= 0.6 is 23.2 Å². The molecule has 198 valence electrons. The summed E-state index contributed by atoms with van der Waals surface area (Å²) in [6.45, 7) is 7.47. The van der Waals surface area contributed by atoms with Gasteiger partial charge in [0.2, 0.25) is 11.8 Å². The van der Waals surface area contributed by atoms with Crippen molar-refractivity contribution in [1.82, 2.24) is 9.80 Å². The maximum Gasteiger partial charge on any atom is 0.253 e. The van der Waals surface area contributed by atoms with Gasteiger partial charge in [0.25, 0.3) is 11.8 Å². The molecular weight excluding hydrogens is 519 g/mol. The molecule has 2 saturated heterocycles. The first-order chi connectivity index (χ1) is 17.2. The van der Waals surface area contributed by atoms with Gasteiger partial charge in [-0.15, -0.1) is 23.2 Å². The summed E-state index contributed by atoms with van der Waals surface area (Å²) in [5.41, 5.74) is 0.184. The van der Waals surface area contributed by atoms with Crippen molar-refractivity contribution in [3.63, 3.8) is 0 Å². The Bertz CT molecular complexity index is 1270. The van der Waals surface area contributed by atoms with Crippen molar-refractivity contribution in [2.24, 2.45) is 17.8 Å². The summed E-state index contributed by atoms with van der Waals surface area (Å²) in [4.78, 5) is 52.6. The van der Waals surface area contributed by atoms with Crippen molar-refractivity contribution in [2.45, 2.75) is 61.7 Å². The van der Waals surface area contributed by atoms with E-state index >= 15 is 0 Å². The largest absolute Gasteiger partial charge is 0.504 e. The Labute approximate surface area is 225 Å². The number of amides is 4. The lowest BCUT2D eigenvalue weighted by Crippen LogP contribution is -2.60. The summed E-state index contributed by atoms with van der Waals surface area (Å²) in [6.07, 6.45) is 2.03. The standard InChI is InChI=1S/C27H30Cl2N2O6/c1-6-37-17-9-7-8-15(20(17)32)19-13-10-11-14-18(22(34)31(21(14)33)25(2,3)4)16(13)12-26(28)23(35)30(5)24(36)27(19,26)29/h7-10,14,16,18-19,32H,6,11-12H2,1-5H3/t14-,16+,18-,19+,26+,27-/m0/s1. The van der Waals surface area contributed by atoms with Gasteiger partial charge >= 0.3 is 0 Å². The minimum Gasteiger partial charge on any atom is -0.504 e. The number of fused-ring (bicyclic) bond motifs is 4. The molecule has 1 saturated carbocycles. The fourth-order valence-electron chi connectivity index (χ4n) is 6.79. The van der Waals surface area contributed by atoms with Gasteiger partial charge < -0.3 is 9.84 Å². The van der Waals surface area contributed by atoms with Crippen LogP contribution < -0.4 is 4.74 Å². The third-order valence-electron chi connectivity index (χ3n) is 8.33. The molecule has 0 aromatic heterocycles. The van der Waals surface area contributed by atoms with Crippen LogP contribution in [0.25, 0.3) is 0 Å². The summed E-state index contributed by atoms with van der Waals surface area (Å²) in [6, 6.07) is 4.89. The Balaban J connectivity index is 1.74. The third-order valence-corrected chi connectivity index (χ3v) is 9.74. The molecule has 0 radical (unpaired) electrons. The third kappa shape index (κ3) is 3.21. The number of likely N-dealkylation sites (tertiary alicyclic amines) is 2. The fourth-order valence-corrected chi connectivity index (χ4v) is 7.81. The summed E-state index contributed by atoms with van der Waals surface area (Å²) >= 11 is 14.3. The molecule has 4 aliphatic rings. The molecule has 2 aliphatic carbocycles. The van der Waals surface area contributed by atoms with Gasteiger partial charge in [-0.25, -0.2) is 0 Å². The zero-order chi connectivity index (χ0) is 27.2. The number of carbonyl (C=O) groups is 4. The Kier molecular flexibility index (Phi) is 5.78. The average molecular weight is 549 g/mol. The lowest BCUT2D eigenvalue weighted by atomic mass is 9.56. The minimum absolute atomic E-state index is 0.0839. The molecule has 10 heteroatoms. The Morgan fingerprint density at radius 3 is 2.38 bits per heavy atom. The zero-order valence-corrected chi connectivity index (χ0v) is 22.9. The smallest absolute Gasteiger partial charge is 0.253 e. The molecule has 2 heterocycles. The monoisotopic (exact) mass is 548 g/mol. The molecule has 8 nitrogen and oxygen atoms in total. The van der Waals surface area contributed by atoms with Gasteiger partial charge in [-0.1, -0.05) is 23.8 Å². The predicted octanol–water partition coefficient (Wildman–Crippen LogP) is 3.58. The number of para-hydroxylation sites is 1. The highest BCUT2D eigenvalue weighted by atomic mass is 35.5. The molecule has 5 rings (SSSR count). The van der Waals surface area contributed by atoms with E-state index < -0.39 is 50.8 Å². The Morgan fingerprint density at radius 1 is 1.08 bits per heavy atom. The van der Waals surface area contributed by atoms with Crippen LogP contribution in [0.5, 0.6) is 11.5 Å². The van der Waals surface area contributed by atoms with Crippen LogP contribution in [-0.2, 0) is 19.2 Å². The number of phenolic OH excluding ortho intramolecular Hbond substituents is 1. The van der Waals surface area contributed by atoms with E-state index in [1.165, 1.54) is 11.9 Å². The van der Waals surface area contributed by atoms with Crippen LogP contribution in [0.2, 0.25) is 0 Å². The second-order valence-electron chi connectivity index (χ2n) is 11.3. The van der Waals surface area contributed by atoms with Gasteiger partial charge in [-0.05, 0) is 52.5 Å². The fraction of sp³-hybridized carbons (Fsp3) is 0.556. The first kappa shape index (κ1) is 26.0. The van der Waals surface area contributed by atoms with Crippen LogP contribution in [0.15, 0.2) is 29.8 Å².